The third-order valence-corrected chi connectivity index (χ3v) is 2.76. The molecule has 0 bridgehead atoms. The molecule has 0 aliphatic rings. The van der Waals surface area contributed by atoms with Crippen LogP contribution in [0.2, 0.25) is 0 Å². The van der Waals surface area contributed by atoms with E-state index in [9.17, 15) is 4.79 Å². The molecule has 19 heavy (non-hydrogen) atoms. The molecule has 0 aromatic heterocycles. The van der Waals surface area contributed by atoms with Gasteiger partial charge < -0.3 is 9.64 Å². The van der Waals surface area contributed by atoms with E-state index in [1.54, 1.807) is 11.9 Å². The highest BCUT2D eigenvalue weighted by atomic mass is 16.5. The molecule has 102 valence electrons. The second-order valence-corrected chi connectivity index (χ2v) is 4.65. The first-order valence-corrected chi connectivity index (χ1v) is 6.35. The quantitative estimate of drug-likeness (QED) is 0.789. The predicted octanol–water partition coefficient (Wildman–Crippen LogP) is 2.44. The highest BCUT2D eigenvalue weighted by Crippen LogP contribution is 2.16. The van der Waals surface area contributed by atoms with Crippen molar-refractivity contribution in [1.82, 2.24) is 4.90 Å². The van der Waals surface area contributed by atoms with Gasteiger partial charge in [-0.25, -0.2) is 0 Å². The van der Waals surface area contributed by atoms with Gasteiger partial charge in [-0.15, -0.1) is 0 Å². The van der Waals surface area contributed by atoms with E-state index >= 15 is 0 Å². The minimum Gasteiger partial charge on any atom is -0.493 e. The molecular weight excluding hydrogens is 240 g/mol. The second kappa shape index (κ2) is 7.42. The summed E-state index contributed by atoms with van der Waals surface area (Å²) >= 11 is 0. The maximum atomic E-state index is 11.7. The molecule has 4 nitrogen and oxygen atoms in total. The summed E-state index contributed by atoms with van der Waals surface area (Å²) in [5, 5.41) is 8.46. The lowest BCUT2D eigenvalue weighted by molar-refractivity contribution is -0.130. The lowest BCUT2D eigenvalue weighted by atomic mass is 10.1. The summed E-state index contributed by atoms with van der Waals surface area (Å²) in [6, 6.07) is 8.01. The van der Waals surface area contributed by atoms with Crippen molar-refractivity contribution in [3.63, 3.8) is 0 Å². The van der Waals surface area contributed by atoms with E-state index in [1.807, 2.05) is 32.0 Å². The van der Waals surface area contributed by atoms with Crippen molar-refractivity contribution in [2.24, 2.45) is 0 Å². The minimum atomic E-state index is -0.000347. The Morgan fingerprint density at radius 2 is 1.95 bits per heavy atom. The first-order valence-electron chi connectivity index (χ1n) is 6.35. The maximum absolute atomic E-state index is 11.7. The summed E-state index contributed by atoms with van der Waals surface area (Å²) in [4.78, 5) is 13.3. The van der Waals surface area contributed by atoms with Crippen molar-refractivity contribution >= 4 is 5.91 Å². The van der Waals surface area contributed by atoms with Gasteiger partial charge >= 0.3 is 0 Å². The van der Waals surface area contributed by atoms with Crippen molar-refractivity contribution in [2.75, 3.05) is 20.2 Å². The number of hydrogen-bond acceptors (Lipinski definition) is 3. The normalized spacial score (nSPS) is 9.79. The predicted molar refractivity (Wildman–Crippen MR) is 73.9 cm³/mol. The summed E-state index contributed by atoms with van der Waals surface area (Å²) in [6.45, 7) is 4.86. The fraction of sp³-hybridized carbons (Fsp3) is 0.467. The van der Waals surface area contributed by atoms with Crippen molar-refractivity contribution in [2.45, 2.75) is 26.7 Å². The van der Waals surface area contributed by atoms with Crippen LogP contribution in [0.25, 0.3) is 0 Å². The average Bonchev–Trinajstić information content (AvgIpc) is 2.34. The van der Waals surface area contributed by atoms with Gasteiger partial charge in [0.15, 0.2) is 0 Å². The van der Waals surface area contributed by atoms with Gasteiger partial charge in [0.2, 0.25) is 5.91 Å². The summed E-state index contributed by atoms with van der Waals surface area (Å²) in [6.07, 6.45) is 0.690. The maximum Gasteiger partial charge on any atom is 0.225 e. The molecule has 4 heteroatoms. The molecule has 0 fully saturated rings. The van der Waals surface area contributed by atoms with Gasteiger partial charge in [-0.05, 0) is 37.1 Å². The Hall–Kier alpha value is -2.02. The average molecular weight is 260 g/mol. The molecule has 0 saturated heterocycles. The van der Waals surface area contributed by atoms with Crippen molar-refractivity contribution < 1.29 is 9.53 Å². The van der Waals surface area contributed by atoms with Crippen LogP contribution in [0.1, 0.15) is 24.0 Å². The Labute approximate surface area is 114 Å². The molecule has 0 spiro atoms. The molecule has 0 radical (unpaired) electrons. The summed E-state index contributed by atoms with van der Waals surface area (Å²) < 4.78 is 5.58. The Bertz CT molecular complexity index is 457. The summed E-state index contributed by atoms with van der Waals surface area (Å²) in [5.74, 6) is 0.796. The van der Waals surface area contributed by atoms with Crippen LogP contribution < -0.4 is 4.74 Å². The van der Waals surface area contributed by atoms with Gasteiger partial charge in [-0.2, -0.15) is 5.26 Å². The monoisotopic (exact) mass is 260 g/mol. The molecule has 0 aliphatic carbocycles. The molecule has 0 saturated carbocycles. The lowest BCUT2D eigenvalue weighted by Crippen LogP contribution is -2.28. The van der Waals surface area contributed by atoms with Crippen LogP contribution in [-0.4, -0.2) is 31.0 Å². The molecule has 0 atom stereocenters. The number of nitriles is 1. The molecule has 1 aromatic carbocycles. The van der Waals surface area contributed by atoms with Crippen LogP contribution in [0.3, 0.4) is 0 Å². The first-order chi connectivity index (χ1) is 9.02. The number of carbonyl (C=O) groups is 1. The standard InChI is InChI=1S/C15H20N2O2/c1-12-9-13(2)11-14(10-12)19-8-5-15(18)17(3)7-4-6-16/h9-11H,4-5,7-8H2,1-3H3. The smallest absolute Gasteiger partial charge is 0.225 e. The summed E-state index contributed by atoms with van der Waals surface area (Å²) in [5.41, 5.74) is 2.29. The van der Waals surface area contributed by atoms with E-state index in [1.165, 1.54) is 0 Å². The number of amides is 1. The van der Waals surface area contributed by atoms with Crippen LogP contribution in [0.4, 0.5) is 0 Å². The lowest BCUT2D eigenvalue weighted by Gasteiger charge is -2.15. The fourth-order valence-electron chi connectivity index (χ4n) is 1.81. The third kappa shape index (κ3) is 5.43. The van der Waals surface area contributed by atoms with Crippen LogP contribution in [0.15, 0.2) is 18.2 Å². The van der Waals surface area contributed by atoms with Gasteiger partial charge in [0, 0.05) is 13.6 Å². The van der Waals surface area contributed by atoms with Gasteiger partial charge in [0.05, 0.1) is 25.5 Å². The van der Waals surface area contributed by atoms with Crippen molar-refractivity contribution in [3.05, 3.63) is 29.3 Å². The van der Waals surface area contributed by atoms with Crippen molar-refractivity contribution in [3.8, 4) is 11.8 Å². The molecule has 0 aliphatic heterocycles. The Kier molecular flexibility index (Phi) is 5.87. The SMILES string of the molecule is Cc1cc(C)cc(OCCC(=O)N(C)CCC#N)c1. The van der Waals surface area contributed by atoms with E-state index in [0.29, 0.717) is 26.0 Å². The molecule has 0 unspecified atom stereocenters. The number of nitrogens with zero attached hydrogens (tertiary/aromatic N) is 2. The molecule has 1 aromatic rings. The van der Waals surface area contributed by atoms with E-state index < -0.39 is 0 Å². The Morgan fingerprint density at radius 3 is 2.53 bits per heavy atom. The van der Waals surface area contributed by atoms with E-state index in [-0.39, 0.29) is 5.91 Å². The fourth-order valence-corrected chi connectivity index (χ4v) is 1.81. The highest BCUT2D eigenvalue weighted by Gasteiger charge is 2.08. The zero-order valence-corrected chi connectivity index (χ0v) is 11.8. The van der Waals surface area contributed by atoms with E-state index in [2.05, 4.69) is 6.07 Å². The minimum absolute atomic E-state index is 0.000347. The second-order valence-electron chi connectivity index (χ2n) is 4.65. The topological polar surface area (TPSA) is 53.3 Å². The number of aryl methyl sites for hydroxylation is 2. The number of rotatable bonds is 6. The Balaban J connectivity index is 2.37. The van der Waals surface area contributed by atoms with E-state index in [0.717, 1.165) is 16.9 Å². The number of carbonyl (C=O) groups excluding carboxylic acids is 1. The zero-order valence-electron chi connectivity index (χ0n) is 11.8. The number of hydrogen-bond donors (Lipinski definition) is 0. The number of benzene rings is 1. The van der Waals surface area contributed by atoms with Gasteiger partial charge in [-0.3, -0.25) is 4.79 Å². The van der Waals surface area contributed by atoms with Gasteiger partial charge in [-0.1, -0.05) is 6.07 Å². The molecule has 0 heterocycles. The van der Waals surface area contributed by atoms with Crippen LogP contribution >= 0.6 is 0 Å². The molecule has 0 N–H and O–H groups in total. The van der Waals surface area contributed by atoms with Gasteiger partial charge in [0.1, 0.15) is 5.75 Å². The van der Waals surface area contributed by atoms with E-state index in [4.69, 9.17) is 10.00 Å². The molecule has 1 rings (SSSR count). The Morgan fingerprint density at radius 1 is 1.32 bits per heavy atom. The van der Waals surface area contributed by atoms with Crippen molar-refractivity contribution in [1.29, 1.82) is 5.26 Å². The summed E-state index contributed by atoms with van der Waals surface area (Å²) in [7, 11) is 1.70. The van der Waals surface area contributed by atoms with Crippen LogP contribution in [-0.2, 0) is 4.79 Å². The largest absolute Gasteiger partial charge is 0.493 e. The number of ether oxygens (including phenoxy) is 1. The highest BCUT2D eigenvalue weighted by molar-refractivity contribution is 5.75. The zero-order chi connectivity index (χ0) is 14.3. The van der Waals surface area contributed by atoms with Gasteiger partial charge in [0.25, 0.3) is 0 Å². The molecular formula is C15H20N2O2. The van der Waals surface area contributed by atoms with Crippen LogP contribution in [0, 0.1) is 25.2 Å². The van der Waals surface area contributed by atoms with Crippen LogP contribution in [0.5, 0.6) is 5.75 Å². The third-order valence-electron chi connectivity index (χ3n) is 2.76. The first kappa shape index (κ1) is 15.0. The molecule has 1 amide bonds.